The lowest BCUT2D eigenvalue weighted by molar-refractivity contribution is 0.175. The van der Waals surface area contributed by atoms with Gasteiger partial charge in [0.05, 0.1) is 0 Å². The first-order chi connectivity index (χ1) is 5.37. The van der Waals surface area contributed by atoms with Crippen LogP contribution in [0.25, 0.3) is 0 Å². The SMILES string of the molecule is CCC(CCC(C)(C)F)C(C)C. The van der Waals surface area contributed by atoms with Gasteiger partial charge in [0.1, 0.15) is 5.67 Å². The van der Waals surface area contributed by atoms with Gasteiger partial charge in [0.25, 0.3) is 0 Å². The van der Waals surface area contributed by atoms with E-state index in [1.807, 2.05) is 0 Å². The molecule has 0 aromatic carbocycles. The van der Waals surface area contributed by atoms with Crippen molar-refractivity contribution in [2.45, 2.75) is 59.5 Å². The lowest BCUT2D eigenvalue weighted by atomic mass is 9.86. The van der Waals surface area contributed by atoms with Crippen LogP contribution in [0.1, 0.15) is 53.9 Å². The number of halogens is 1. The highest BCUT2D eigenvalue weighted by atomic mass is 19.1. The summed E-state index contributed by atoms with van der Waals surface area (Å²) in [5, 5.41) is 0. The van der Waals surface area contributed by atoms with Crippen molar-refractivity contribution >= 4 is 0 Å². The Hall–Kier alpha value is -0.0700. The zero-order valence-electron chi connectivity index (χ0n) is 9.15. The zero-order valence-corrected chi connectivity index (χ0v) is 9.15. The van der Waals surface area contributed by atoms with Gasteiger partial charge in [0.2, 0.25) is 0 Å². The smallest absolute Gasteiger partial charge is 0.105 e. The molecule has 0 spiro atoms. The third-order valence-electron chi connectivity index (χ3n) is 2.58. The monoisotopic (exact) mass is 174 g/mol. The summed E-state index contributed by atoms with van der Waals surface area (Å²) in [5.41, 5.74) is -0.984. The van der Waals surface area contributed by atoms with Gasteiger partial charge in [-0.15, -0.1) is 0 Å². The lowest BCUT2D eigenvalue weighted by Gasteiger charge is -2.22. The number of hydrogen-bond donors (Lipinski definition) is 0. The van der Waals surface area contributed by atoms with Crippen LogP contribution in [0, 0.1) is 11.8 Å². The van der Waals surface area contributed by atoms with Crippen LogP contribution in [-0.4, -0.2) is 5.67 Å². The van der Waals surface area contributed by atoms with E-state index in [0.29, 0.717) is 18.3 Å². The van der Waals surface area contributed by atoms with E-state index in [-0.39, 0.29) is 0 Å². The standard InChI is InChI=1S/C11H23F/c1-6-10(9(2)3)7-8-11(4,5)12/h9-10H,6-8H2,1-5H3. The van der Waals surface area contributed by atoms with Crippen molar-refractivity contribution in [1.29, 1.82) is 0 Å². The van der Waals surface area contributed by atoms with Gasteiger partial charge in [-0.05, 0) is 38.5 Å². The van der Waals surface area contributed by atoms with Crippen molar-refractivity contribution < 1.29 is 4.39 Å². The largest absolute Gasteiger partial charge is 0.245 e. The molecule has 12 heavy (non-hydrogen) atoms. The fraction of sp³-hybridized carbons (Fsp3) is 1.00. The average molecular weight is 174 g/mol. The molecular formula is C11H23F. The third-order valence-corrected chi connectivity index (χ3v) is 2.58. The normalized spacial score (nSPS) is 15.2. The lowest BCUT2D eigenvalue weighted by Crippen LogP contribution is -2.16. The molecule has 0 N–H and O–H groups in total. The highest BCUT2D eigenvalue weighted by Crippen LogP contribution is 2.26. The molecule has 74 valence electrons. The first-order valence-electron chi connectivity index (χ1n) is 5.05. The Morgan fingerprint density at radius 3 is 2.00 bits per heavy atom. The second kappa shape index (κ2) is 4.84. The Bertz CT molecular complexity index is 111. The van der Waals surface area contributed by atoms with Crippen molar-refractivity contribution in [3.63, 3.8) is 0 Å². The topological polar surface area (TPSA) is 0 Å². The molecule has 0 rings (SSSR count). The molecule has 1 atom stereocenters. The molecule has 0 aliphatic rings. The number of alkyl halides is 1. The molecule has 0 heterocycles. The van der Waals surface area contributed by atoms with Crippen molar-refractivity contribution in [2.75, 3.05) is 0 Å². The molecule has 0 aliphatic carbocycles. The van der Waals surface area contributed by atoms with Crippen LogP contribution in [0.3, 0.4) is 0 Å². The Balaban J connectivity index is 3.73. The molecule has 0 saturated heterocycles. The molecule has 0 aliphatic heterocycles. The maximum absolute atomic E-state index is 13.1. The van der Waals surface area contributed by atoms with E-state index in [4.69, 9.17) is 0 Å². The predicted molar refractivity (Wildman–Crippen MR) is 53.0 cm³/mol. The van der Waals surface area contributed by atoms with E-state index in [0.717, 1.165) is 6.42 Å². The van der Waals surface area contributed by atoms with Gasteiger partial charge in [-0.25, -0.2) is 4.39 Å². The van der Waals surface area contributed by atoms with E-state index < -0.39 is 5.67 Å². The second-order valence-electron chi connectivity index (χ2n) is 4.67. The summed E-state index contributed by atoms with van der Waals surface area (Å²) in [4.78, 5) is 0. The zero-order chi connectivity index (χ0) is 9.78. The van der Waals surface area contributed by atoms with Gasteiger partial charge in [-0.1, -0.05) is 27.2 Å². The molecule has 1 unspecified atom stereocenters. The van der Waals surface area contributed by atoms with Crippen molar-refractivity contribution in [3.8, 4) is 0 Å². The van der Waals surface area contributed by atoms with E-state index in [1.165, 1.54) is 6.42 Å². The Labute approximate surface area is 76.6 Å². The minimum absolute atomic E-state index is 0.692. The van der Waals surface area contributed by atoms with Crippen LogP contribution >= 0.6 is 0 Å². The highest BCUT2D eigenvalue weighted by Gasteiger charge is 2.19. The summed E-state index contributed by atoms with van der Waals surface area (Å²) in [6.45, 7) is 9.97. The van der Waals surface area contributed by atoms with Gasteiger partial charge in [0, 0.05) is 0 Å². The van der Waals surface area contributed by atoms with Crippen LogP contribution < -0.4 is 0 Å². The van der Waals surface area contributed by atoms with Crippen LogP contribution in [-0.2, 0) is 0 Å². The Morgan fingerprint density at radius 1 is 1.25 bits per heavy atom. The van der Waals surface area contributed by atoms with Crippen LogP contribution in [0.5, 0.6) is 0 Å². The Morgan fingerprint density at radius 2 is 1.75 bits per heavy atom. The first-order valence-corrected chi connectivity index (χ1v) is 5.05. The molecule has 0 aromatic heterocycles. The minimum atomic E-state index is -0.984. The fourth-order valence-electron chi connectivity index (χ4n) is 1.54. The summed E-state index contributed by atoms with van der Waals surface area (Å²) in [7, 11) is 0. The summed E-state index contributed by atoms with van der Waals surface area (Å²) in [5.74, 6) is 1.39. The minimum Gasteiger partial charge on any atom is -0.245 e. The van der Waals surface area contributed by atoms with Gasteiger partial charge in [-0.2, -0.15) is 0 Å². The maximum Gasteiger partial charge on any atom is 0.105 e. The molecule has 0 radical (unpaired) electrons. The van der Waals surface area contributed by atoms with Crippen LogP contribution in [0.4, 0.5) is 4.39 Å². The van der Waals surface area contributed by atoms with Gasteiger partial charge < -0.3 is 0 Å². The summed E-state index contributed by atoms with van der Waals surface area (Å²) in [6, 6.07) is 0. The fourth-order valence-corrected chi connectivity index (χ4v) is 1.54. The van der Waals surface area contributed by atoms with Gasteiger partial charge in [0.15, 0.2) is 0 Å². The van der Waals surface area contributed by atoms with Gasteiger partial charge >= 0.3 is 0 Å². The third kappa shape index (κ3) is 5.56. The first kappa shape index (κ1) is 11.9. The van der Waals surface area contributed by atoms with E-state index in [1.54, 1.807) is 13.8 Å². The molecule has 0 aromatic rings. The van der Waals surface area contributed by atoms with E-state index in [2.05, 4.69) is 20.8 Å². The molecule has 0 bridgehead atoms. The quantitative estimate of drug-likeness (QED) is 0.586. The van der Waals surface area contributed by atoms with Gasteiger partial charge in [-0.3, -0.25) is 0 Å². The molecular weight excluding hydrogens is 151 g/mol. The Kier molecular flexibility index (Phi) is 4.81. The van der Waals surface area contributed by atoms with E-state index >= 15 is 0 Å². The number of hydrogen-bond acceptors (Lipinski definition) is 0. The summed E-state index contributed by atoms with van der Waals surface area (Å²) in [6.07, 6.45) is 2.90. The molecule has 0 amide bonds. The van der Waals surface area contributed by atoms with Crippen LogP contribution in [0.2, 0.25) is 0 Å². The second-order valence-corrected chi connectivity index (χ2v) is 4.67. The molecule has 0 nitrogen and oxygen atoms in total. The van der Waals surface area contributed by atoms with Crippen molar-refractivity contribution in [1.82, 2.24) is 0 Å². The maximum atomic E-state index is 13.1. The van der Waals surface area contributed by atoms with Crippen LogP contribution in [0.15, 0.2) is 0 Å². The molecule has 1 heteroatoms. The highest BCUT2D eigenvalue weighted by molar-refractivity contribution is 4.70. The number of rotatable bonds is 5. The average Bonchev–Trinajstić information content (AvgIpc) is 1.85. The van der Waals surface area contributed by atoms with E-state index in [9.17, 15) is 4.39 Å². The predicted octanol–water partition coefficient (Wildman–Crippen LogP) is 4.20. The molecule has 0 saturated carbocycles. The summed E-state index contributed by atoms with van der Waals surface area (Å²) >= 11 is 0. The van der Waals surface area contributed by atoms with Crippen molar-refractivity contribution in [2.24, 2.45) is 11.8 Å². The van der Waals surface area contributed by atoms with Crippen molar-refractivity contribution in [3.05, 3.63) is 0 Å². The molecule has 0 fully saturated rings. The summed E-state index contributed by atoms with van der Waals surface area (Å²) < 4.78 is 13.1.